The van der Waals surface area contributed by atoms with Gasteiger partial charge in [-0.25, -0.2) is 0 Å². The fourth-order valence-corrected chi connectivity index (χ4v) is 3.06. The SMILES string of the molecule is CCNC(C)Cc1nc(C2(OC)CCC(C)(C)CC2)no1. The molecule has 0 aromatic carbocycles. The van der Waals surface area contributed by atoms with Gasteiger partial charge in [-0.2, -0.15) is 4.98 Å². The van der Waals surface area contributed by atoms with E-state index in [-0.39, 0.29) is 5.60 Å². The van der Waals surface area contributed by atoms with Gasteiger partial charge in [0.1, 0.15) is 5.60 Å². The van der Waals surface area contributed by atoms with Crippen LogP contribution in [0.1, 0.15) is 65.1 Å². The van der Waals surface area contributed by atoms with E-state index in [1.807, 2.05) is 0 Å². The highest BCUT2D eigenvalue weighted by molar-refractivity contribution is 5.05. The Morgan fingerprint density at radius 2 is 1.95 bits per heavy atom. The number of likely N-dealkylation sites (N-methyl/N-ethyl adjacent to an activating group) is 1. The molecule has 0 saturated heterocycles. The Kier molecular flexibility index (Phi) is 5.04. The minimum atomic E-state index is -0.362. The van der Waals surface area contributed by atoms with Gasteiger partial charge in [0, 0.05) is 19.6 Å². The first kappa shape index (κ1) is 16.4. The second kappa shape index (κ2) is 6.44. The predicted molar refractivity (Wildman–Crippen MR) is 82.1 cm³/mol. The first-order valence-electron chi connectivity index (χ1n) is 8.02. The van der Waals surface area contributed by atoms with Crippen molar-refractivity contribution in [2.45, 2.75) is 71.4 Å². The molecule has 5 nitrogen and oxygen atoms in total. The molecule has 1 unspecified atom stereocenters. The molecule has 0 spiro atoms. The highest BCUT2D eigenvalue weighted by Gasteiger charge is 2.43. The van der Waals surface area contributed by atoms with Crippen molar-refractivity contribution in [2.75, 3.05) is 13.7 Å². The maximum absolute atomic E-state index is 5.82. The lowest BCUT2D eigenvalue weighted by Crippen LogP contribution is -2.37. The van der Waals surface area contributed by atoms with Crippen LogP contribution in [0.25, 0.3) is 0 Å². The van der Waals surface area contributed by atoms with Crippen molar-refractivity contribution in [3.8, 4) is 0 Å². The summed E-state index contributed by atoms with van der Waals surface area (Å²) in [7, 11) is 1.76. The molecule has 21 heavy (non-hydrogen) atoms. The summed E-state index contributed by atoms with van der Waals surface area (Å²) in [5.41, 5.74) is 0.0207. The number of methoxy groups -OCH3 is 1. The molecule has 1 aliphatic carbocycles. The molecule has 1 aromatic heterocycles. The van der Waals surface area contributed by atoms with Crippen molar-refractivity contribution < 1.29 is 9.26 Å². The third-order valence-electron chi connectivity index (χ3n) is 4.71. The molecule has 1 atom stereocenters. The van der Waals surface area contributed by atoms with Crippen molar-refractivity contribution in [3.63, 3.8) is 0 Å². The summed E-state index contributed by atoms with van der Waals surface area (Å²) in [4.78, 5) is 4.60. The molecular weight excluding hydrogens is 266 g/mol. The summed E-state index contributed by atoms with van der Waals surface area (Å²) in [6, 6.07) is 0.340. The van der Waals surface area contributed by atoms with Crippen molar-refractivity contribution in [1.82, 2.24) is 15.5 Å². The monoisotopic (exact) mass is 295 g/mol. The van der Waals surface area contributed by atoms with Gasteiger partial charge in [0.2, 0.25) is 11.7 Å². The molecule has 1 aliphatic rings. The number of rotatable bonds is 6. The third-order valence-corrected chi connectivity index (χ3v) is 4.71. The molecule has 1 fully saturated rings. The fourth-order valence-electron chi connectivity index (χ4n) is 3.06. The average Bonchev–Trinajstić information content (AvgIpc) is 2.89. The maximum atomic E-state index is 5.82. The van der Waals surface area contributed by atoms with Crippen LogP contribution < -0.4 is 5.32 Å². The molecule has 2 rings (SSSR count). The lowest BCUT2D eigenvalue weighted by Gasteiger charge is -2.40. The number of nitrogens with one attached hydrogen (secondary N) is 1. The lowest BCUT2D eigenvalue weighted by atomic mass is 9.70. The van der Waals surface area contributed by atoms with E-state index in [1.165, 1.54) is 0 Å². The van der Waals surface area contributed by atoms with Gasteiger partial charge in [0.25, 0.3) is 0 Å². The maximum Gasteiger partial charge on any atom is 0.228 e. The first-order valence-corrected chi connectivity index (χ1v) is 8.02. The van der Waals surface area contributed by atoms with E-state index < -0.39 is 0 Å². The summed E-state index contributed by atoms with van der Waals surface area (Å²) in [6.45, 7) is 9.79. The Morgan fingerprint density at radius 3 is 2.52 bits per heavy atom. The van der Waals surface area contributed by atoms with Crippen molar-refractivity contribution in [3.05, 3.63) is 11.7 Å². The molecule has 1 saturated carbocycles. The largest absolute Gasteiger partial charge is 0.370 e. The van der Waals surface area contributed by atoms with Gasteiger partial charge in [0.15, 0.2) is 0 Å². The molecule has 1 aromatic rings. The van der Waals surface area contributed by atoms with Crippen molar-refractivity contribution >= 4 is 0 Å². The molecule has 120 valence electrons. The van der Waals surface area contributed by atoms with Crippen LogP contribution in [0.3, 0.4) is 0 Å². The topological polar surface area (TPSA) is 60.2 Å². The molecule has 0 aliphatic heterocycles. The van der Waals surface area contributed by atoms with E-state index >= 15 is 0 Å². The van der Waals surface area contributed by atoms with Gasteiger partial charge in [-0.3, -0.25) is 0 Å². The smallest absolute Gasteiger partial charge is 0.228 e. The summed E-state index contributed by atoms with van der Waals surface area (Å²) < 4.78 is 11.3. The summed E-state index contributed by atoms with van der Waals surface area (Å²) in [5.74, 6) is 1.42. The van der Waals surface area contributed by atoms with Gasteiger partial charge in [-0.15, -0.1) is 0 Å². The van der Waals surface area contributed by atoms with Gasteiger partial charge in [0.05, 0.1) is 0 Å². The molecule has 0 amide bonds. The van der Waals surface area contributed by atoms with E-state index in [0.29, 0.717) is 17.3 Å². The third kappa shape index (κ3) is 3.83. The minimum Gasteiger partial charge on any atom is -0.370 e. The zero-order chi connectivity index (χ0) is 15.5. The van der Waals surface area contributed by atoms with Crippen LogP contribution in [0.5, 0.6) is 0 Å². The van der Waals surface area contributed by atoms with E-state index in [0.717, 1.165) is 44.5 Å². The first-order chi connectivity index (χ1) is 9.91. The van der Waals surface area contributed by atoms with Gasteiger partial charge in [-0.05, 0) is 44.6 Å². The Hall–Kier alpha value is -0.940. The fraction of sp³-hybridized carbons (Fsp3) is 0.875. The zero-order valence-electron chi connectivity index (χ0n) is 14.0. The quantitative estimate of drug-likeness (QED) is 0.874. The van der Waals surface area contributed by atoms with Crippen LogP contribution in [0, 0.1) is 5.41 Å². The highest BCUT2D eigenvalue weighted by Crippen LogP contribution is 2.46. The van der Waals surface area contributed by atoms with E-state index in [9.17, 15) is 0 Å². The predicted octanol–water partition coefficient (Wildman–Crippen LogP) is 3.05. The molecular formula is C16H29N3O2. The van der Waals surface area contributed by atoms with Crippen LogP contribution in [0.15, 0.2) is 4.52 Å². The number of hydrogen-bond donors (Lipinski definition) is 1. The number of ether oxygens (including phenoxy) is 1. The van der Waals surface area contributed by atoms with Crippen LogP contribution in [-0.2, 0) is 16.8 Å². The second-order valence-corrected chi connectivity index (χ2v) is 7.04. The Labute approximate surface area is 127 Å². The minimum absolute atomic E-state index is 0.340. The molecule has 0 radical (unpaired) electrons. The Bertz CT molecular complexity index is 446. The zero-order valence-corrected chi connectivity index (χ0v) is 14.0. The molecule has 1 heterocycles. The summed E-state index contributed by atoms with van der Waals surface area (Å²) >= 11 is 0. The molecule has 5 heteroatoms. The van der Waals surface area contributed by atoms with E-state index in [2.05, 4.69) is 43.2 Å². The Balaban J connectivity index is 2.08. The summed E-state index contributed by atoms with van der Waals surface area (Å²) in [6.07, 6.45) is 4.92. The van der Waals surface area contributed by atoms with E-state index in [4.69, 9.17) is 9.26 Å². The average molecular weight is 295 g/mol. The van der Waals surface area contributed by atoms with Gasteiger partial charge in [-0.1, -0.05) is 25.9 Å². The molecule has 0 bridgehead atoms. The number of nitrogens with zero attached hydrogens (tertiary/aromatic N) is 2. The van der Waals surface area contributed by atoms with Crippen LogP contribution in [-0.4, -0.2) is 29.8 Å². The summed E-state index contributed by atoms with van der Waals surface area (Å²) in [5, 5.41) is 7.56. The van der Waals surface area contributed by atoms with Gasteiger partial charge >= 0.3 is 0 Å². The van der Waals surface area contributed by atoms with E-state index in [1.54, 1.807) is 7.11 Å². The second-order valence-electron chi connectivity index (χ2n) is 7.04. The van der Waals surface area contributed by atoms with Crippen LogP contribution in [0.2, 0.25) is 0 Å². The van der Waals surface area contributed by atoms with Crippen molar-refractivity contribution in [1.29, 1.82) is 0 Å². The number of hydrogen-bond acceptors (Lipinski definition) is 5. The lowest BCUT2D eigenvalue weighted by molar-refractivity contribution is -0.0740. The van der Waals surface area contributed by atoms with Crippen molar-refractivity contribution in [2.24, 2.45) is 5.41 Å². The van der Waals surface area contributed by atoms with Crippen LogP contribution >= 0.6 is 0 Å². The van der Waals surface area contributed by atoms with Gasteiger partial charge < -0.3 is 14.6 Å². The molecule has 1 N–H and O–H groups in total. The normalized spacial score (nSPS) is 22.1. The number of aromatic nitrogens is 2. The Morgan fingerprint density at radius 1 is 1.29 bits per heavy atom. The van der Waals surface area contributed by atoms with Crippen LogP contribution in [0.4, 0.5) is 0 Å². The standard InChI is InChI=1S/C16H29N3O2/c1-6-17-12(2)11-13-18-14(19-21-13)16(20-5)9-7-15(3,4)8-10-16/h12,17H,6-11H2,1-5H3. The highest BCUT2D eigenvalue weighted by atomic mass is 16.5.